The number of ether oxygens (including phenoxy) is 1. The van der Waals surface area contributed by atoms with Crippen molar-refractivity contribution < 1.29 is 24.2 Å². The Labute approximate surface area is 119 Å². The minimum atomic E-state index is -1.01. The highest BCUT2D eigenvalue weighted by atomic mass is 16.5. The van der Waals surface area contributed by atoms with Crippen molar-refractivity contribution >= 4 is 17.8 Å². The molecule has 0 bridgehead atoms. The van der Waals surface area contributed by atoms with Crippen LogP contribution in [0.15, 0.2) is 0 Å². The lowest BCUT2D eigenvalue weighted by atomic mass is 9.72. The molecule has 6 heteroatoms. The Hall–Kier alpha value is -1.59. The molecule has 0 radical (unpaired) electrons. The summed E-state index contributed by atoms with van der Waals surface area (Å²) in [5.41, 5.74) is -0.366. The first-order chi connectivity index (χ1) is 9.18. The second-order valence-corrected chi connectivity index (χ2v) is 6.22. The molecule has 2 atom stereocenters. The summed E-state index contributed by atoms with van der Waals surface area (Å²) >= 11 is 0. The molecular weight excluding hydrogens is 262 g/mol. The van der Waals surface area contributed by atoms with Gasteiger partial charge in [-0.15, -0.1) is 0 Å². The normalized spacial score (nSPS) is 23.6. The first kappa shape index (κ1) is 16.5. The average Bonchev–Trinajstić information content (AvgIpc) is 2.34. The van der Waals surface area contributed by atoms with Crippen LogP contribution in [0.25, 0.3) is 0 Å². The van der Waals surface area contributed by atoms with Crippen molar-refractivity contribution in [1.82, 2.24) is 4.90 Å². The van der Waals surface area contributed by atoms with Crippen LogP contribution in [-0.4, -0.2) is 47.5 Å². The predicted molar refractivity (Wildman–Crippen MR) is 72.3 cm³/mol. The number of ketones is 1. The lowest BCUT2D eigenvalue weighted by molar-refractivity contribution is -0.142. The first-order valence-electron chi connectivity index (χ1n) is 6.77. The first-order valence-corrected chi connectivity index (χ1v) is 6.77. The molecule has 0 aromatic rings. The van der Waals surface area contributed by atoms with Crippen LogP contribution in [0.5, 0.6) is 0 Å². The zero-order valence-electron chi connectivity index (χ0n) is 12.5. The Balaban J connectivity index is 2.97. The number of likely N-dealkylation sites (tertiary alicyclic amines) is 1. The van der Waals surface area contributed by atoms with Crippen molar-refractivity contribution in [2.75, 3.05) is 13.7 Å². The summed E-state index contributed by atoms with van der Waals surface area (Å²) < 4.78 is 4.59. The number of carbonyl (C=O) groups is 3. The molecular formula is C14H23NO5. The van der Waals surface area contributed by atoms with E-state index in [-0.39, 0.29) is 36.6 Å². The Kier molecular flexibility index (Phi) is 5.14. The molecule has 0 saturated carbocycles. The van der Waals surface area contributed by atoms with Crippen LogP contribution in [0.3, 0.4) is 0 Å². The lowest BCUT2D eigenvalue weighted by Crippen LogP contribution is -2.57. The highest BCUT2D eigenvalue weighted by Crippen LogP contribution is 2.36. The lowest BCUT2D eigenvalue weighted by Gasteiger charge is -2.46. The van der Waals surface area contributed by atoms with Crippen molar-refractivity contribution in [2.45, 2.75) is 46.1 Å². The number of amides is 1. The summed E-state index contributed by atoms with van der Waals surface area (Å²) in [7, 11) is 1.30. The van der Waals surface area contributed by atoms with E-state index in [9.17, 15) is 19.5 Å². The molecule has 1 N–H and O–H groups in total. The number of esters is 1. The molecule has 20 heavy (non-hydrogen) atoms. The predicted octanol–water partition coefficient (Wildman–Crippen LogP) is 1.92. The van der Waals surface area contributed by atoms with Gasteiger partial charge in [0.25, 0.3) is 0 Å². The van der Waals surface area contributed by atoms with E-state index in [1.807, 2.05) is 20.8 Å². The molecule has 6 nitrogen and oxygen atoms in total. The fourth-order valence-electron chi connectivity index (χ4n) is 2.93. The summed E-state index contributed by atoms with van der Waals surface area (Å²) in [6.07, 6.45) is -0.338. The highest BCUT2D eigenvalue weighted by molar-refractivity contribution is 5.85. The second kappa shape index (κ2) is 6.24. The van der Waals surface area contributed by atoms with E-state index in [1.165, 1.54) is 12.0 Å². The van der Waals surface area contributed by atoms with Gasteiger partial charge in [-0.05, 0) is 11.8 Å². The van der Waals surface area contributed by atoms with Gasteiger partial charge in [0.1, 0.15) is 5.78 Å². The summed E-state index contributed by atoms with van der Waals surface area (Å²) in [5, 5.41) is 9.32. The number of piperidine rings is 1. The van der Waals surface area contributed by atoms with Gasteiger partial charge in [-0.2, -0.15) is 0 Å². The molecule has 0 spiro atoms. The Morgan fingerprint density at radius 3 is 2.45 bits per heavy atom. The second-order valence-electron chi connectivity index (χ2n) is 6.22. The molecule has 1 aliphatic heterocycles. The minimum Gasteiger partial charge on any atom is -0.469 e. The molecule has 1 rings (SSSR count). The van der Waals surface area contributed by atoms with Gasteiger partial charge in [-0.25, -0.2) is 4.79 Å². The van der Waals surface area contributed by atoms with Crippen molar-refractivity contribution in [1.29, 1.82) is 0 Å². The zero-order chi connectivity index (χ0) is 15.5. The van der Waals surface area contributed by atoms with Gasteiger partial charge >= 0.3 is 12.1 Å². The van der Waals surface area contributed by atoms with Crippen LogP contribution in [0.2, 0.25) is 0 Å². The van der Waals surface area contributed by atoms with E-state index >= 15 is 0 Å². The standard InChI is InChI=1S/C14H23NO5/c1-14(2,3)12-9(5-6-11(17)20-4)10(16)7-8-15(12)13(18)19/h9,12H,5-8H2,1-4H3,(H,18,19). The van der Waals surface area contributed by atoms with Crippen molar-refractivity contribution in [2.24, 2.45) is 11.3 Å². The zero-order valence-corrected chi connectivity index (χ0v) is 12.5. The van der Waals surface area contributed by atoms with Crippen LogP contribution in [0.1, 0.15) is 40.0 Å². The average molecular weight is 285 g/mol. The van der Waals surface area contributed by atoms with E-state index in [2.05, 4.69) is 4.74 Å². The van der Waals surface area contributed by atoms with Crippen LogP contribution in [0.4, 0.5) is 4.79 Å². The largest absolute Gasteiger partial charge is 0.469 e. The Bertz CT molecular complexity index is 399. The van der Waals surface area contributed by atoms with Gasteiger partial charge in [-0.3, -0.25) is 9.59 Å². The Morgan fingerprint density at radius 1 is 1.40 bits per heavy atom. The molecule has 1 aliphatic rings. The number of hydrogen-bond donors (Lipinski definition) is 1. The fraction of sp³-hybridized carbons (Fsp3) is 0.786. The third-order valence-electron chi connectivity index (χ3n) is 3.75. The SMILES string of the molecule is COC(=O)CCC1C(=O)CCN(C(=O)O)C1C(C)(C)C. The fourth-order valence-corrected chi connectivity index (χ4v) is 2.93. The van der Waals surface area contributed by atoms with Gasteiger partial charge in [0.15, 0.2) is 0 Å². The minimum absolute atomic E-state index is 0.0336. The summed E-state index contributed by atoms with van der Waals surface area (Å²) in [4.78, 5) is 36.1. The number of carboxylic acid groups (broad SMARTS) is 1. The third-order valence-corrected chi connectivity index (χ3v) is 3.75. The van der Waals surface area contributed by atoms with E-state index in [4.69, 9.17) is 0 Å². The van der Waals surface area contributed by atoms with Gasteiger partial charge in [0.05, 0.1) is 7.11 Å². The molecule has 1 fully saturated rings. The van der Waals surface area contributed by atoms with Crippen molar-refractivity contribution in [3.8, 4) is 0 Å². The molecule has 1 heterocycles. The molecule has 1 amide bonds. The molecule has 0 aromatic carbocycles. The van der Waals surface area contributed by atoms with Crippen molar-refractivity contribution in [3.63, 3.8) is 0 Å². The molecule has 1 saturated heterocycles. The summed E-state index contributed by atoms with van der Waals surface area (Å²) in [5.74, 6) is -0.789. The highest BCUT2D eigenvalue weighted by Gasteiger charge is 2.45. The van der Waals surface area contributed by atoms with E-state index < -0.39 is 18.1 Å². The molecule has 114 valence electrons. The maximum absolute atomic E-state index is 12.1. The van der Waals surface area contributed by atoms with E-state index in [1.54, 1.807) is 0 Å². The van der Waals surface area contributed by atoms with Gasteiger partial charge in [-0.1, -0.05) is 20.8 Å². The summed E-state index contributed by atoms with van der Waals surface area (Å²) in [6.45, 7) is 5.97. The van der Waals surface area contributed by atoms with Crippen LogP contribution >= 0.6 is 0 Å². The van der Waals surface area contributed by atoms with Gasteiger partial charge < -0.3 is 14.7 Å². The maximum atomic E-state index is 12.1. The Morgan fingerprint density at radius 2 is 2.00 bits per heavy atom. The van der Waals surface area contributed by atoms with Crippen LogP contribution in [-0.2, 0) is 14.3 Å². The van der Waals surface area contributed by atoms with Gasteiger partial charge in [0.2, 0.25) is 0 Å². The summed E-state index contributed by atoms with van der Waals surface area (Å²) in [6, 6.07) is -0.411. The van der Waals surface area contributed by atoms with Crippen LogP contribution < -0.4 is 0 Å². The van der Waals surface area contributed by atoms with Crippen LogP contribution in [0, 0.1) is 11.3 Å². The number of Topliss-reactive ketones (excluding diaryl/α,β-unsaturated/α-hetero) is 1. The molecule has 0 aromatic heterocycles. The van der Waals surface area contributed by atoms with E-state index in [0.29, 0.717) is 6.42 Å². The number of nitrogens with zero attached hydrogens (tertiary/aromatic N) is 1. The topological polar surface area (TPSA) is 83.9 Å². The van der Waals surface area contributed by atoms with E-state index in [0.717, 1.165) is 0 Å². The molecule has 2 unspecified atom stereocenters. The number of methoxy groups -OCH3 is 1. The van der Waals surface area contributed by atoms with Gasteiger partial charge in [0, 0.05) is 31.3 Å². The third kappa shape index (κ3) is 3.71. The van der Waals surface area contributed by atoms with Crippen molar-refractivity contribution in [3.05, 3.63) is 0 Å². The quantitative estimate of drug-likeness (QED) is 0.801. The number of rotatable bonds is 3. The maximum Gasteiger partial charge on any atom is 0.407 e. The number of carbonyl (C=O) groups excluding carboxylic acids is 2. The monoisotopic (exact) mass is 285 g/mol. The smallest absolute Gasteiger partial charge is 0.407 e. The molecule has 0 aliphatic carbocycles. The number of hydrogen-bond acceptors (Lipinski definition) is 4.